The SMILES string of the molecule is CC[C@H](S)C(=O)[O-].[K+]. The molecule has 0 fully saturated rings. The van der Waals surface area contributed by atoms with E-state index in [1.54, 1.807) is 6.92 Å². The predicted molar refractivity (Wildman–Crippen MR) is 28.1 cm³/mol. The number of carboxylic acid groups (broad SMARTS) is 1. The summed E-state index contributed by atoms with van der Waals surface area (Å²) < 4.78 is 0. The van der Waals surface area contributed by atoms with Gasteiger partial charge in [0.15, 0.2) is 0 Å². The summed E-state index contributed by atoms with van der Waals surface area (Å²) in [6.07, 6.45) is 0.519. The molecular formula is C4H7KO2S. The summed E-state index contributed by atoms with van der Waals surface area (Å²) in [5.41, 5.74) is 0. The third-order valence-corrected chi connectivity index (χ3v) is 1.23. The van der Waals surface area contributed by atoms with Crippen molar-refractivity contribution in [1.29, 1.82) is 0 Å². The van der Waals surface area contributed by atoms with Crippen LogP contribution < -0.4 is 56.5 Å². The van der Waals surface area contributed by atoms with Crippen molar-refractivity contribution in [2.75, 3.05) is 0 Å². The molecule has 4 heteroatoms. The summed E-state index contributed by atoms with van der Waals surface area (Å²) >= 11 is 3.66. The molecule has 0 aliphatic heterocycles. The first-order valence-corrected chi connectivity index (χ1v) is 2.59. The van der Waals surface area contributed by atoms with Crippen molar-refractivity contribution in [1.82, 2.24) is 0 Å². The van der Waals surface area contributed by atoms with E-state index in [0.29, 0.717) is 6.42 Å². The number of thiol groups is 1. The number of carbonyl (C=O) groups is 1. The van der Waals surface area contributed by atoms with Crippen LogP contribution >= 0.6 is 12.6 Å². The Morgan fingerprint density at radius 2 is 2.25 bits per heavy atom. The zero-order valence-electron chi connectivity index (χ0n) is 5.05. The molecule has 0 rings (SSSR count). The van der Waals surface area contributed by atoms with E-state index in [1.807, 2.05) is 0 Å². The monoisotopic (exact) mass is 158 g/mol. The first kappa shape index (κ1) is 12.2. The molecule has 0 saturated heterocycles. The molecule has 0 aliphatic carbocycles. The van der Waals surface area contributed by atoms with Crippen LogP contribution in [0.5, 0.6) is 0 Å². The Balaban J connectivity index is 0. The van der Waals surface area contributed by atoms with Gasteiger partial charge in [-0.25, -0.2) is 0 Å². The van der Waals surface area contributed by atoms with Crippen LogP contribution in [0.15, 0.2) is 0 Å². The van der Waals surface area contributed by atoms with Crippen molar-refractivity contribution < 1.29 is 61.3 Å². The second kappa shape index (κ2) is 6.57. The van der Waals surface area contributed by atoms with Crippen molar-refractivity contribution in [2.24, 2.45) is 0 Å². The zero-order valence-corrected chi connectivity index (χ0v) is 9.07. The van der Waals surface area contributed by atoms with E-state index >= 15 is 0 Å². The minimum atomic E-state index is -1.09. The molecule has 0 unspecified atom stereocenters. The summed E-state index contributed by atoms with van der Waals surface area (Å²) in [5.74, 6) is -1.09. The smallest absolute Gasteiger partial charge is 0.549 e. The minimum Gasteiger partial charge on any atom is -0.549 e. The Labute approximate surface area is 96.9 Å². The molecule has 2 nitrogen and oxygen atoms in total. The Bertz CT molecular complexity index is 76.4. The van der Waals surface area contributed by atoms with Gasteiger partial charge in [0.2, 0.25) is 0 Å². The van der Waals surface area contributed by atoms with Crippen molar-refractivity contribution >= 4 is 18.6 Å². The molecule has 0 aromatic rings. The van der Waals surface area contributed by atoms with E-state index in [0.717, 1.165) is 0 Å². The van der Waals surface area contributed by atoms with Gasteiger partial charge in [-0.1, -0.05) is 6.92 Å². The van der Waals surface area contributed by atoms with Gasteiger partial charge in [-0.3, -0.25) is 0 Å². The van der Waals surface area contributed by atoms with E-state index in [4.69, 9.17) is 0 Å². The molecule has 0 aromatic carbocycles. The van der Waals surface area contributed by atoms with Crippen LogP contribution in [0.4, 0.5) is 0 Å². The molecule has 8 heavy (non-hydrogen) atoms. The van der Waals surface area contributed by atoms with Gasteiger partial charge in [-0.05, 0) is 6.42 Å². The van der Waals surface area contributed by atoms with Gasteiger partial charge >= 0.3 is 51.4 Å². The van der Waals surface area contributed by atoms with Gasteiger partial charge in [-0.2, -0.15) is 12.6 Å². The Morgan fingerprint density at radius 3 is 2.25 bits per heavy atom. The molecule has 0 N–H and O–H groups in total. The quantitative estimate of drug-likeness (QED) is 0.334. The fourth-order valence-electron chi connectivity index (χ4n) is 0.167. The van der Waals surface area contributed by atoms with E-state index in [2.05, 4.69) is 12.6 Å². The second-order valence-electron chi connectivity index (χ2n) is 1.24. The molecule has 0 amide bonds. The molecule has 42 valence electrons. The van der Waals surface area contributed by atoms with E-state index in [9.17, 15) is 9.90 Å². The molecule has 0 aromatic heterocycles. The van der Waals surface area contributed by atoms with Gasteiger partial charge in [-0.15, -0.1) is 0 Å². The Kier molecular flexibility index (Phi) is 10.00. The van der Waals surface area contributed by atoms with Crippen LogP contribution in [0.2, 0.25) is 0 Å². The second-order valence-corrected chi connectivity index (χ2v) is 1.87. The summed E-state index contributed by atoms with van der Waals surface area (Å²) in [6.45, 7) is 1.74. The van der Waals surface area contributed by atoms with E-state index in [-0.39, 0.29) is 51.4 Å². The van der Waals surface area contributed by atoms with E-state index < -0.39 is 11.2 Å². The van der Waals surface area contributed by atoms with Crippen LogP contribution in [0.1, 0.15) is 13.3 Å². The molecule has 0 aliphatic rings. The molecule has 0 spiro atoms. The van der Waals surface area contributed by atoms with Gasteiger partial charge in [0.05, 0.1) is 5.97 Å². The van der Waals surface area contributed by atoms with Crippen LogP contribution in [0.25, 0.3) is 0 Å². The predicted octanol–water partition coefficient (Wildman–Crippen LogP) is -3.55. The standard InChI is InChI=1S/C4H8O2S.K/c1-2-3(7)4(5)6;/h3,7H,2H2,1H3,(H,5,6);/q;+1/p-1/t3-;/m0./s1. The average molecular weight is 158 g/mol. The Hall–Kier alpha value is 1.46. The summed E-state index contributed by atoms with van der Waals surface area (Å²) in [5, 5.41) is 9.15. The molecule has 0 bridgehead atoms. The van der Waals surface area contributed by atoms with Crippen LogP contribution in [0.3, 0.4) is 0 Å². The van der Waals surface area contributed by atoms with E-state index in [1.165, 1.54) is 0 Å². The third-order valence-electron chi connectivity index (χ3n) is 0.659. The van der Waals surface area contributed by atoms with Gasteiger partial charge < -0.3 is 9.90 Å². The number of carbonyl (C=O) groups excluding carboxylic acids is 1. The van der Waals surface area contributed by atoms with Gasteiger partial charge in [0.1, 0.15) is 0 Å². The van der Waals surface area contributed by atoms with Gasteiger partial charge in [0.25, 0.3) is 0 Å². The maximum atomic E-state index is 9.74. The molecule has 0 saturated carbocycles. The van der Waals surface area contributed by atoms with Crippen molar-refractivity contribution in [2.45, 2.75) is 18.6 Å². The fourth-order valence-corrected chi connectivity index (χ4v) is 0.167. The van der Waals surface area contributed by atoms with Crippen LogP contribution in [-0.4, -0.2) is 11.2 Å². The van der Waals surface area contributed by atoms with Gasteiger partial charge in [0, 0.05) is 5.25 Å². The maximum absolute atomic E-state index is 9.74. The van der Waals surface area contributed by atoms with Crippen LogP contribution in [-0.2, 0) is 4.79 Å². The molecular weight excluding hydrogens is 151 g/mol. The largest absolute Gasteiger partial charge is 1.00 e. The molecule has 0 radical (unpaired) electrons. The zero-order chi connectivity index (χ0) is 5.86. The fraction of sp³-hybridized carbons (Fsp3) is 0.750. The maximum Gasteiger partial charge on any atom is 1.00 e. The summed E-state index contributed by atoms with van der Waals surface area (Å²) in [6, 6.07) is 0. The van der Waals surface area contributed by atoms with Crippen LogP contribution in [0, 0.1) is 0 Å². The van der Waals surface area contributed by atoms with Crippen molar-refractivity contribution in [3.05, 3.63) is 0 Å². The number of rotatable bonds is 2. The topological polar surface area (TPSA) is 40.1 Å². The van der Waals surface area contributed by atoms with Crippen molar-refractivity contribution in [3.63, 3.8) is 0 Å². The summed E-state index contributed by atoms with van der Waals surface area (Å²) in [7, 11) is 0. The first-order chi connectivity index (χ1) is 3.18. The number of hydrogen-bond acceptors (Lipinski definition) is 3. The first-order valence-electron chi connectivity index (χ1n) is 2.07. The average Bonchev–Trinajstić information content (AvgIpc) is 1.65. The van der Waals surface area contributed by atoms with Crippen molar-refractivity contribution in [3.8, 4) is 0 Å². The number of hydrogen-bond donors (Lipinski definition) is 1. The number of carboxylic acids is 1. The minimum absolute atomic E-state index is 0. The Morgan fingerprint density at radius 1 is 1.88 bits per heavy atom. The normalized spacial score (nSPS) is 11.8. The molecule has 0 heterocycles. The summed E-state index contributed by atoms with van der Waals surface area (Å²) in [4.78, 5) is 9.74. The number of aliphatic carboxylic acids is 1. The third kappa shape index (κ3) is 5.59. The molecule has 1 atom stereocenters.